The van der Waals surface area contributed by atoms with Crippen LogP contribution < -0.4 is 0 Å². The molecule has 2 aliphatic heterocycles. The molecule has 0 fully saturated rings. The van der Waals surface area contributed by atoms with Gasteiger partial charge in [-0.05, 0) is 41.8 Å². The molecule has 0 radical (unpaired) electrons. The zero-order valence-corrected chi connectivity index (χ0v) is 14.4. The molecule has 2 aliphatic rings. The standard InChI is InChI=1S/C20H18N2O4/c1-2-25-18(23)10-17-15-9-16-14(7-13(15)8-19(24)26-17)11-22-20(16)12-3-5-21-6-4-12/h3-7,9,17H,2,8,10-11H2,1H3. The molecule has 0 bridgehead atoms. The van der Waals surface area contributed by atoms with Crippen LogP contribution in [0.5, 0.6) is 0 Å². The van der Waals surface area contributed by atoms with E-state index in [-0.39, 0.29) is 24.8 Å². The third kappa shape index (κ3) is 2.98. The van der Waals surface area contributed by atoms with Gasteiger partial charge in [0.1, 0.15) is 6.10 Å². The van der Waals surface area contributed by atoms with Gasteiger partial charge < -0.3 is 9.47 Å². The Bertz CT molecular complexity index is 906. The van der Waals surface area contributed by atoms with Gasteiger partial charge in [-0.15, -0.1) is 0 Å². The molecule has 6 nitrogen and oxygen atoms in total. The number of ether oxygens (including phenoxy) is 2. The Morgan fingerprint density at radius 2 is 2.08 bits per heavy atom. The summed E-state index contributed by atoms with van der Waals surface area (Å²) in [5.74, 6) is -0.693. The molecule has 26 heavy (non-hydrogen) atoms. The van der Waals surface area contributed by atoms with E-state index in [9.17, 15) is 9.59 Å². The van der Waals surface area contributed by atoms with E-state index in [2.05, 4.69) is 9.98 Å². The monoisotopic (exact) mass is 350 g/mol. The molecule has 4 rings (SSSR count). The number of carbonyl (C=O) groups excluding carboxylic acids is 2. The number of fused-ring (bicyclic) bond motifs is 2. The summed E-state index contributed by atoms with van der Waals surface area (Å²) in [6.45, 7) is 2.64. The molecule has 0 saturated heterocycles. The summed E-state index contributed by atoms with van der Waals surface area (Å²) in [6.07, 6.45) is 3.09. The summed E-state index contributed by atoms with van der Waals surface area (Å²) < 4.78 is 10.5. The van der Waals surface area contributed by atoms with E-state index in [1.807, 2.05) is 24.3 Å². The second kappa shape index (κ2) is 6.71. The summed E-state index contributed by atoms with van der Waals surface area (Å²) in [7, 11) is 0. The van der Waals surface area contributed by atoms with Crippen LogP contribution in [-0.2, 0) is 32.0 Å². The van der Waals surface area contributed by atoms with E-state index < -0.39 is 6.10 Å². The molecule has 1 aromatic heterocycles. The number of carbonyl (C=O) groups is 2. The first-order valence-corrected chi connectivity index (χ1v) is 8.61. The molecule has 2 aromatic rings. The predicted octanol–water partition coefficient (Wildman–Crippen LogP) is 2.53. The molecule has 0 aliphatic carbocycles. The average molecular weight is 350 g/mol. The maximum atomic E-state index is 12.0. The summed E-state index contributed by atoms with van der Waals surface area (Å²) in [5.41, 5.74) is 5.76. The molecule has 0 spiro atoms. The highest BCUT2D eigenvalue weighted by Gasteiger charge is 2.31. The topological polar surface area (TPSA) is 77.9 Å². The molecule has 132 valence electrons. The third-order valence-electron chi connectivity index (χ3n) is 4.59. The molecule has 1 unspecified atom stereocenters. The van der Waals surface area contributed by atoms with Gasteiger partial charge in [0.2, 0.25) is 0 Å². The van der Waals surface area contributed by atoms with Crippen molar-refractivity contribution in [1.29, 1.82) is 0 Å². The summed E-state index contributed by atoms with van der Waals surface area (Å²) in [5, 5.41) is 0. The number of cyclic esters (lactones) is 1. The van der Waals surface area contributed by atoms with Crippen LogP contribution in [-0.4, -0.2) is 29.2 Å². The Morgan fingerprint density at radius 3 is 2.85 bits per heavy atom. The first kappa shape index (κ1) is 16.4. The van der Waals surface area contributed by atoms with Gasteiger partial charge in [-0.25, -0.2) is 0 Å². The van der Waals surface area contributed by atoms with Crippen molar-refractivity contribution in [3.8, 4) is 0 Å². The first-order chi connectivity index (χ1) is 12.7. The highest BCUT2D eigenvalue weighted by Crippen LogP contribution is 2.35. The van der Waals surface area contributed by atoms with E-state index >= 15 is 0 Å². The average Bonchev–Trinajstić information content (AvgIpc) is 3.04. The fraction of sp³-hybridized carbons (Fsp3) is 0.300. The van der Waals surface area contributed by atoms with Crippen LogP contribution in [0.4, 0.5) is 0 Å². The van der Waals surface area contributed by atoms with Crippen molar-refractivity contribution < 1.29 is 19.1 Å². The van der Waals surface area contributed by atoms with Crippen LogP contribution in [0.3, 0.4) is 0 Å². The minimum Gasteiger partial charge on any atom is -0.466 e. The Balaban J connectivity index is 1.72. The lowest BCUT2D eigenvalue weighted by molar-refractivity contribution is -0.156. The number of nitrogens with zero attached hydrogens (tertiary/aromatic N) is 2. The molecular weight excluding hydrogens is 332 g/mol. The van der Waals surface area contributed by atoms with Crippen molar-refractivity contribution in [2.24, 2.45) is 4.99 Å². The number of rotatable bonds is 4. The highest BCUT2D eigenvalue weighted by atomic mass is 16.6. The van der Waals surface area contributed by atoms with Gasteiger partial charge in [0.05, 0.1) is 31.7 Å². The van der Waals surface area contributed by atoms with Gasteiger partial charge in [0.15, 0.2) is 0 Å². The Morgan fingerprint density at radius 1 is 1.27 bits per heavy atom. The van der Waals surface area contributed by atoms with E-state index in [0.717, 1.165) is 33.5 Å². The van der Waals surface area contributed by atoms with Crippen molar-refractivity contribution in [3.05, 3.63) is 64.5 Å². The van der Waals surface area contributed by atoms with Gasteiger partial charge in [-0.3, -0.25) is 19.6 Å². The maximum absolute atomic E-state index is 12.0. The number of aliphatic imine (C=N–C) groups is 1. The Labute approximate surface area is 150 Å². The molecule has 6 heteroatoms. The second-order valence-electron chi connectivity index (χ2n) is 6.27. The minimum absolute atomic E-state index is 0.0209. The number of hydrogen-bond acceptors (Lipinski definition) is 6. The second-order valence-corrected chi connectivity index (χ2v) is 6.27. The number of benzene rings is 1. The predicted molar refractivity (Wildman–Crippen MR) is 93.8 cm³/mol. The van der Waals surface area contributed by atoms with Crippen LogP contribution in [0.1, 0.15) is 47.3 Å². The normalized spacial score (nSPS) is 17.8. The van der Waals surface area contributed by atoms with Crippen molar-refractivity contribution >= 4 is 17.7 Å². The molecule has 0 saturated carbocycles. The first-order valence-electron chi connectivity index (χ1n) is 8.61. The van der Waals surface area contributed by atoms with E-state index in [0.29, 0.717) is 13.2 Å². The van der Waals surface area contributed by atoms with Gasteiger partial charge in [0, 0.05) is 23.5 Å². The molecule has 0 amide bonds. The smallest absolute Gasteiger partial charge is 0.310 e. The lowest BCUT2D eigenvalue weighted by Crippen LogP contribution is -2.25. The molecular formula is C20H18N2O4. The zero-order chi connectivity index (χ0) is 18.1. The lowest BCUT2D eigenvalue weighted by atomic mass is 9.89. The third-order valence-corrected chi connectivity index (χ3v) is 4.59. The van der Waals surface area contributed by atoms with Crippen LogP contribution >= 0.6 is 0 Å². The minimum atomic E-state index is -0.616. The van der Waals surface area contributed by atoms with Gasteiger partial charge in [-0.1, -0.05) is 6.07 Å². The SMILES string of the molecule is CCOC(=O)CC1OC(=O)Cc2cc3c(cc21)C(c1ccncc1)=NC3. The highest BCUT2D eigenvalue weighted by molar-refractivity contribution is 6.15. The van der Waals surface area contributed by atoms with E-state index in [1.165, 1.54) is 0 Å². The van der Waals surface area contributed by atoms with Gasteiger partial charge in [0.25, 0.3) is 0 Å². The van der Waals surface area contributed by atoms with Crippen molar-refractivity contribution in [2.45, 2.75) is 32.4 Å². The van der Waals surface area contributed by atoms with Crippen molar-refractivity contribution in [2.75, 3.05) is 6.61 Å². The van der Waals surface area contributed by atoms with E-state index in [1.54, 1.807) is 19.3 Å². The lowest BCUT2D eigenvalue weighted by Gasteiger charge is -2.26. The fourth-order valence-electron chi connectivity index (χ4n) is 3.46. The summed E-state index contributed by atoms with van der Waals surface area (Å²) in [4.78, 5) is 32.6. The van der Waals surface area contributed by atoms with Crippen LogP contribution in [0.2, 0.25) is 0 Å². The maximum Gasteiger partial charge on any atom is 0.310 e. The quantitative estimate of drug-likeness (QED) is 0.792. The number of aromatic nitrogens is 1. The fourth-order valence-corrected chi connectivity index (χ4v) is 3.46. The number of esters is 2. The number of pyridine rings is 1. The van der Waals surface area contributed by atoms with Crippen LogP contribution in [0.15, 0.2) is 41.7 Å². The zero-order valence-electron chi connectivity index (χ0n) is 14.4. The largest absolute Gasteiger partial charge is 0.466 e. The van der Waals surface area contributed by atoms with E-state index in [4.69, 9.17) is 9.47 Å². The molecule has 1 aromatic carbocycles. The summed E-state index contributed by atoms with van der Waals surface area (Å²) >= 11 is 0. The number of hydrogen-bond donors (Lipinski definition) is 0. The Kier molecular flexibility index (Phi) is 4.24. The molecule has 0 N–H and O–H groups in total. The van der Waals surface area contributed by atoms with Crippen molar-refractivity contribution in [1.82, 2.24) is 4.98 Å². The van der Waals surface area contributed by atoms with Crippen LogP contribution in [0.25, 0.3) is 0 Å². The van der Waals surface area contributed by atoms with Crippen molar-refractivity contribution in [3.63, 3.8) is 0 Å². The van der Waals surface area contributed by atoms with Crippen LogP contribution in [0, 0.1) is 0 Å². The molecule has 1 atom stereocenters. The van der Waals surface area contributed by atoms with Gasteiger partial charge in [-0.2, -0.15) is 0 Å². The summed E-state index contributed by atoms with van der Waals surface area (Å²) in [6, 6.07) is 7.86. The van der Waals surface area contributed by atoms with Gasteiger partial charge >= 0.3 is 11.9 Å². The Hall–Kier alpha value is -3.02. The molecule has 3 heterocycles.